The van der Waals surface area contributed by atoms with Crippen molar-refractivity contribution < 1.29 is 0 Å². The molecule has 0 unspecified atom stereocenters. The van der Waals surface area contributed by atoms with E-state index in [9.17, 15) is 0 Å². The highest BCUT2D eigenvalue weighted by Crippen LogP contribution is 2.22. The quantitative estimate of drug-likeness (QED) is 0.833. The van der Waals surface area contributed by atoms with Crippen molar-refractivity contribution in [3.63, 3.8) is 0 Å². The Balaban J connectivity index is 2.15. The molecule has 0 saturated carbocycles. The number of aryl methyl sites for hydroxylation is 1. The molecule has 7 nitrogen and oxygen atoms in total. The normalized spacial score (nSPS) is 10.4. The molecule has 2 rings (SSSR count). The molecule has 0 saturated heterocycles. The summed E-state index contributed by atoms with van der Waals surface area (Å²) in [6, 6.07) is 0. The molecule has 16 heavy (non-hydrogen) atoms. The van der Waals surface area contributed by atoms with Gasteiger partial charge in [0.25, 0.3) is 0 Å². The Morgan fingerprint density at radius 1 is 1.44 bits per heavy atom. The highest BCUT2D eigenvalue weighted by Gasteiger charge is 2.06. The molecule has 0 fully saturated rings. The van der Waals surface area contributed by atoms with Gasteiger partial charge in [-0.2, -0.15) is 0 Å². The van der Waals surface area contributed by atoms with Crippen LogP contribution in [0.4, 0.5) is 5.82 Å². The number of hydrogen-bond acceptors (Lipinski definition) is 7. The zero-order valence-electron chi connectivity index (χ0n) is 8.95. The minimum Gasteiger partial charge on any atom is -0.369 e. The van der Waals surface area contributed by atoms with Crippen molar-refractivity contribution in [2.75, 3.05) is 11.9 Å². The molecular weight excluding hydrogens is 226 g/mol. The van der Waals surface area contributed by atoms with Crippen molar-refractivity contribution in [2.45, 2.75) is 17.1 Å². The Labute approximate surface area is 96.7 Å². The average Bonchev–Trinajstić information content (AvgIpc) is 2.66. The second-order valence-electron chi connectivity index (χ2n) is 2.96. The zero-order valence-corrected chi connectivity index (χ0v) is 9.77. The van der Waals surface area contributed by atoms with Crippen LogP contribution in [0.15, 0.2) is 22.6 Å². The third-order valence-corrected chi connectivity index (χ3v) is 2.68. The van der Waals surface area contributed by atoms with E-state index in [2.05, 4.69) is 30.8 Å². The van der Waals surface area contributed by atoms with E-state index >= 15 is 0 Å². The van der Waals surface area contributed by atoms with Crippen molar-refractivity contribution in [3.05, 3.63) is 12.4 Å². The summed E-state index contributed by atoms with van der Waals surface area (Å²) < 4.78 is 1.59. The molecule has 1 N–H and O–H groups in total. The number of nitrogens with one attached hydrogen (secondary N) is 1. The number of aromatic nitrogens is 6. The van der Waals surface area contributed by atoms with Gasteiger partial charge in [0.2, 0.25) is 5.16 Å². The van der Waals surface area contributed by atoms with Crippen LogP contribution in [0.3, 0.4) is 0 Å². The molecule has 0 aliphatic rings. The second kappa shape index (κ2) is 4.88. The lowest BCUT2D eigenvalue weighted by molar-refractivity contribution is 0.664. The van der Waals surface area contributed by atoms with E-state index in [0.29, 0.717) is 5.16 Å². The first-order valence-electron chi connectivity index (χ1n) is 4.75. The van der Waals surface area contributed by atoms with Crippen molar-refractivity contribution >= 4 is 17.6 Å². The fraction of sp³-hybridized carbons (Fsp3) is 0.375. The molecule has 2 heterocycles. The standard InChI is InChI=1S/C8H11N7S/c1-3-10-6-4-9-5-7(11-6)16-8-12-13-14-15(8)2/h4-5H,3H2,1-2H3,(H,10,11). The highest BCUT2D eigenvalue weighted by atomic mass is 32.2. The smallest absolute Gasteiger partial charge is 0.215 e. The van der Waals surface area contributed by atoms with Crippen LogP contribution in [0.25, 0.3) is 0 Å². The van der Waals surface area contributed by atoms with Crippen LogP contribution in [-0.4, -0.2) is 36.7 Å². The number of rotatable bonds is 4. The van der Waals surface area contributed by atoms with Crippen molar-refractivity contribution in [2.24, 2.45) is 7.05 Å². The topological polar surface area (TPSA) is 81.4 Å². The van der Waals surface area contributed by atoms with Gasteiger partial charge in [0, 0.05) is 13.6 Å². The summed E-state index contributed by atoms with van der Waals surface area (Å²) in [5.74, 6) is 0.752. The second-order valence-corrected chi connectivity index (χ2v) is 3.95. The van der Waals surface area contributed by atoms with E-state index in [0.717, 1.165) is 17.4 Å². The third-order valence-electron chi connectivity index (χ3n) is 1.75. The van der Waals surface area contributed by atoms with E-state index in [1.807, 2.05) is 6.92 Å². The van der Waals surface area contributed by atoms with Gasteiger partial charge in [-0.1, -0.05) is 0 Å². The summed E-state index contributed by atoms with van der Waals surface area (Å²) in [6.07, 6.45) is 3.36. The SMILES string of the molecule is CCNc1cncc(Sc2nnnn2C)n1. The molecule has 0 bridgehead atoms. The molecule has 0 spiro atoms. The monoisotopic (exact) mass is 237 g/mol. The van der Waals surface area contributed by atoms with Crippen molar-refractivity contribution in [1.29, 1.82) is 0 Å². The van der Waals surface area contributed by atoms with Crippen LogP contribution >= 0.6 is 11.8 Å². The fourth-order valence-corrected chi connectivity index (χ4v) is 1.76. The molecular formula is C8H11N7S. The molecule has 2 aromatic rings. The van der Waals surface area contributed by atoms with Crippen LogP contribution in [0.2, 0.25) is 0 Å². The van der Waals surface area contributed by atoms with Crippen LogP contribution < -0.4 is 5.32 Å². The Hall–Kier alpha value is -1.70. The maximum atomic E-state index is 4.36. The van der Waals surface area contributed by atoms with E-state index < -0.39 is 0 Å². The largest absolute Gasteiger partial charge is 0.369 e. The number of hydrogen-bond donors (Lipinski definition) is 1. The molecule has 0 aromatic carbocycles. The van der Waals surface area contributed by atoms with Gasteiger partial charge < -0.3 is 5.32 Å². The predicted octanol–water partition coefficient (Wildman–Crippen LogP) is 0.583. The van der Waals surface area contributed by atoms with E-state index in [4.69, 9.17) is 0 Å². The van der Waals surface area contributed by atoms with Gasteiger partial charge in [-0.3, -0.25) is 4.98 Å². The summed E-state index contributed by atoms with van der Waals surface area (Å²) in [5.41, 5.74) is 0. The maximum Gasteiger partial charge on any atom is 0.215 e. The van der Waals surface area contributed by atoms with Gasteiger partial charge in [0.05, 0.1) is 12.4 Å². The zero-order chi connectivity index (χ0) is 11.4. The van der Waals surface area contributed by atoms with Crippen LogP contribution in [0, 0.1) is 0 Å². The Morgan fingerprint density at radius 2 is 2.31 bits per heavy atom. The molecule has 8 heteroatoms. The summed E-state index contributed by atoms with van der Waals surface area (Å²) >= 11 is 1.37. The van der Waals surface area contributed by atoms with Crippen molar-refractivity contribution in [1.82, 2.24) is 30.2 Å². The lowest BCUT2D eigenvalue weighted by Crippen LogP contribution is -2.00. The van der Waals surface area contributed by atoms with Gasteiger partial charge in [-0.15, -0.1) is 5.10 Å². The van der Waals surface area contributed by atoms with Crippen LogP contribution in [0.1, 0.15) is 6.92 Å². The van der Waals surface area contributed by atoms with E-state index in [-0.39, 0.29) is 0 Å². The molecule has 0 radical (unpaired) electrons. The summed E-state index contributed by atoms with van der Waals surface area (Å²) in [5, 5.41) is 15.7. The number of tetrazole rings is 1. The Bertz CT molecular complexity index is 469. The maximum absolute atomic E-state index is 4.36. The van der Waals surface area contributed by atoms with Crippen LogP contribution in [0.5, 0.6) is 0 Å². The van der Waals surface area contributed by atoms with Gasteiger partial charge in [-0.25, -0.2) is 9.67 Å². The van der Waals surface area contributed by atoms with Crippen LogP contribution in [-0.2, 0) is 7.05 Å². The lowest BCUT2D eigenvalue weighted by Gasteiger charge is -2.03. The first-order valence-corrected chi connectivity index (χ1v) is 5.57. The van der Waals surface area contributed by atoms with E-state index in [1.54, 1.807) is 24.1 Å². The molecule has 0 aliphatic heterocycles. The number of anilines is 1. The Morgan fingerprint density at radius 3 is 3.00 bits per heavy atom. The average molecular weight is 237 g/mol. The lowest BCUT2D eigenvalue weighted by atomic mass is 10.6. The summed E-state index contributed by atoms with van der Waals surface area (Å²) in [6.45, 7) is 2.82. The summed E-state index contributed by atoms with van der Waals surface area (Å²) in [4.78, 5) is 8.45. The first kappa shape index (κ1) is 10.8. The first-order chi connectivity index (χ1) is 7.79. The molecule has 2 aromatic heterocycles. The van der Waals surface area contributed by atoms with Gasteiger partial charge in [-0.05, 0) is 29.1 Å². The predicted molar refractivity (Wildman–Crippen MR) is 59.1 cm³/mol. The van der Waals surface area contributed by atoms with Gasteiger partial charge >= 0.3 is 0 Å². The number of nitrogens with zero attached hydrogens (tertiary/aromatic N) is 6. The Kier molecular flexibility index (Phi) is 3.30. The third kappa shape index (κ3) is 2.45. The molecule has 84 valence electrons. The molecule has 0 atom stereocenters. The van der Waals surface area contributed by atoms with Gasteiger partial charge in [0.1, 0.15) is 10.8 Å². The highest BCUT2D eigenvalue weighted by molar-refractivity contribution is 7.99. The van der Waals surface area contributed by atoms with E-state index in [1.165, 1.54) is 11.8 Å². The molecule has 0 amide bonds. The minimum absolute atomic E-state index is 0.683. The van der Waals surface area contributed by atoms with Gasteiger partial charge in [0.15, 0.2) is 0 Å². The minimum atomic E-state index is 0.683. The fourth-order valence-electron chi connectivity index (χ4n) is 1.06. The molecule has 0 aliphatic carbocycles. The summed E-state index contributed by atoms with van der Waals surface area (Å²) in [7, 11) is 1.78. The van der Waals surface area contributed by atoms with Crippen molar-refractivity contribution in [3.8, 4) is 0 Å².